The molecule has 5 heteroatoms. The largest absolute Gasteiger partial charge is 0.495 e. The second kappa shape index (κ2) is 4.48. The lowest BCUT2D eigenvalue weighted by Gasteiger charge is -2.08. The Morgan fingerprint density at radius 2 is 2.14 bits per heavy atom. The van der Waals surface area contributed by atoms with Crippen LogP contribution in [0.1, 0.15) is 10.4 Å². The summed E-state index contributed by atoms with van der Waals surface area (Å²) in [5.41, 5.74) is 3.39. The van der Waals surface area contributed by atoms with E-state index in [1.54, 1.807) is 18.2 Å². The number of carbonyl (C=O) groups excluding carboxylic acids is 1. The van der Waals surface area contributed by atoms with E-state index in [0.29, 0.717) is 17.0 Å². The molecule has 76 valence electrons. The smallest absolute Gasteiger partial charge is 0.337 e. The number of benzene rings is 1. The summed E-state index contributed by atoms with van der Waals surface area (Å²) in [6.07, 6.45) is 0. The molecule has 0 saturated heterocycles. The van der Waals surface area contributed by atoms with E-state index < -0.39 is 5.97 Å². The van der Waals surface area contributed by atoms with E-state index in [4.69, 9.17) is 10.6 Å². The van der Waals surface area contributed by atoms with Crippen LogP contribution in [-0.4, -0.2) is 20.2 Å². The Kier molecular flexibility index (Phi) is 3.30. The molecular formula is C9H12N2O3. The van der Waals surface area contributed by atoms with Crippen molar-refractivity contribution in [3.8, 4) is 5.75 Å². The average molecular weight is 196 g/mol. The van der Waals surface area contributed by atoms with E-state index in [2.05, 4.69) is 10.2 Å². The first-order valence-corrected chi connectivity index (χ1v) is 3.96. The van der Waals surface area contributed by atoms with Crippen LogP contribution < -0.4 is 16.0 Å². The quantitative estimate of drug-likeness (QED) is 0.424. The maximum absolute atomic E-state index is 11.1. The Morgan fingerprint density at radius 3 is 2.64 bits per heavy atom. The minimum Gasteiger partial charge on any atom is -0.495 e. The summed E-state index contributed by atoms with van der Waals surface area (Å²) in [5.74, 6) is 5.41. The molecule has 0 bridgehead atoms. The fraction of sp³-hybridized carbons (Fsp3) is 0.222. The molecule has 1 rings (SSSR count). The highest BCUT2D eigenvalue weighted by molar-refractivity contribution is 5.91. The molecule has 3 N–H and O–H groups in total. The van der Waals surface area contributed by atoms with Gasteiger partial charge in [-0.15, -0.1) is 0 Å². The van der Waals surface area contributed by atoms with Crippen LogP contribution in [0.25, 0.3) is 0 Å². The predicted molar refractivity (Wildman–Crippen MR) is 52.1 cm³/mol. The van der Waals surface area contributed by atoms with Crippen molar-refractivity contribution in [2.24, 2.45) is 5.84 Å². The van der Waals surface area contributed by atoms with Crippen LogP contribution in [0, 0.1) is 0 Å². The van der Waals surface area contributed by atoms with Crippen molar-refractivity contribution in [1.29, 1.82) is 0 Å². The number of nitrogen functional groups attached to an aromatic ring is 1. The Morgan fingerprint density at radius 1 is 1.43 bits per heavy atom. The number of esters is 1. The molecule has 5 nitrogen and oxygen atoms in total. The number of methoxy groups -OCH3 is 2. The van der Waals surface area contributed by atoms with Crippen molar-refractivity contribution in [1.82, 2.24) is 0 Å². The lowest BCUT2D eigenvalue weighted by Crippen LogP contribution is -2.10. The van der Waals surface area contributed by atoms with Gasteiger partial charge < -0.3 is 14.9 Å². The molecule has 0 aliphatic heterocycles. The molecule has 0 amide bonds. The van der Waals surface area contributed by atoms with E-state index in [-0.39, 0.29) is 0 Å². The van der Waals surface area contributed by atoms with Crippen molar-refractivity contribution in [3.63, 3.8) is 0 Å². The number of hydrogen-bond donors (Lipinski definition) is 2. The minimum absolute atomic E-state index is 0.413. The molecule has 0 aliphatic rings. The number of nitrogens with two attached hydrogens (primary N) is 1. The van der Waals surface area contributed by atoms with E-state index in [1.165, 1.54) is 14.2 Å². The first-order valence-electron chi connectivity index (χ1n) is 3.96. The predicted octanol–water partition coefficient (Wildman–Crippen LogP) is 0.767. The average Bonchev–Trinajstić information content (AvgIpc) is 2.26. The van der Waals surface area contributed by atoms with E-state index in [0.717, 1.165) is 0 Å². The van der Waals surface area contributed by atoms with Gasteiger partial charge in [0.15, 0.2) is 0 Å². The van der Waals surface area contributed by atoms with Gasteiger partial charge in [-0.25, -0.2) is 4.79 Å². The standard InChI is InChI=1S/C9H12N2O3/c1-13-8-4-3-6(9(12)14-2)5-7(8)11-10/h3-5,11H,10H2,1-2H3. The summed E-state index contributed by atoms with van der Waals surface area (Å²) < 4.78 is 9.57. The van der Waals surface area contributed by atoms with Gasteiger partial charge in [-0.2, -0.15) is 0 Å². The summed E-state index contributed by atoms with van der Waals surface area (Å²) in [6, 6.07) is 4.80. The number of anilines is 1. The van der Waals surface area contributed by atoms with Crippen LogP contribution in [0.15, 0.2) is 18.2 Å². The van der Waals surface area contributed by atoms with Gasteiger partial charge >= 0.3 is 5.97 Å². The maximum atomic E-state index is 11.1. The highest BCUT2D eigenvalue weighted by Gasteiger charge is 2.08. The Hall–Kier alpha value is -1.75. The Bertz CT molecular complexity index is 339. The van der Waals surface area contributed by atoms with Crippen LogP contribution in [-0.2, 0) is 4.74 Å². The first-order chi connectivity index (χ1) is 6.72. The monoisotopic (exact) mass is 196 g/mol. The van der Waals surface area contributed by atoms with Gasteiger partial charge in [0.25, 0.3) is 0 Å². The zero-order valence-corrected chi connectivity index (χ0v) is 8.03. The van der Waals surface area contributed by atoms with Crippen LogP contribution in [0.2, 0.25) is 0 Å². The molecule has 0 aromatic heterocycles. The highest BCUT2D eigenvalue weighted by atomic mass is 16.5. The summed E-state index contributed by atoms with van der Waals surface area (Å²) in [6.45, 7) is 0. The van der Waals surface area contributed by atoms with E-state index in [1.807, 2.05) is 0 Å². The summed E-state index contributed by atoms with van der Waals surface area (Å²) in [7, 11) is 2.84. The third-order valence-electron chi connectivity index (χ3n) is 1.78. The molecule has 0 heterocycles. The third kappa shape index (κ3) is 1.94. The normalized spacial score (nSPS) is 9.36. The van der Waals surface area contributed by atoms with E-state index >= 15 is 0 Å². The second-order valence-corrected chi connectivity index (χ2v) is 2.55. The Balaban J connectivity index is 3.07. The summed E-state index contributed by atoms with van der Waals surface area (Å²) >= 11 is 0. The molecule has 0 saturated carbocycles. The van der Waals surface area contributed by atoms with Crippen molar-refractivity contribution >= 4 is 11.7 Å². The number of carbonyl (C=O) groups is 1. The van der Waals surface area contributed by atoms with Crippen LogP contribution in [0.4, 0.5) is 5.69 Å². The summed E-state index contributed by atoms with van der Waals surface area (Å²) in [5, 5.41) is 0. The number of rotatable bonds is 3. The lowest BCUT2D eigenvalue weighted by atomic mass is 10.2. The molecule has 0 spiro atoms. The van der Waals surface area contributed by atoms with Gasteiger partial charge in [0.2, 0.25) is 0 Å². The zero-order valence-electron chi connectivity index (χ0n) is 8.03. The van der Waals surface area contributed by atoms with Crippen molar-refractivity contribution < 1.29 is 14.3 Å². The molecule has 0 aliphatic carbocycles. The zero-order chi connectivity index (χ0) is 10.6. The molecule has 0 atom stereocenters. The molecule has 1 aromatic rings. The SMILES string of the molecule is COC(=O)c1ccc(OC)c(NN)c1. The number of ether oxygens (including phenoxy) is 2. The molecule has 0 radical (unpaired) electrons. The van der Waals surface area contributed by atoms with Gasteiger partial charge in [-0.05, 0) is 18.2 Å². The number of nitrogens with one attached hydrogen (secondary N) is 1. The molecule has 1 aromatic carbocycles. The second-order valence-electron chi connectivity index (χ2n) is 2.55. The van der Waals surface area contributed by atoms with Crippen molar-refractivity contribution in [2.45, 2.75) is 0 Å². The lowest BCUT2D eigenvalue weighted by molar-refractivity contribution is 0.0601. The van der Waals surface area contributed by atoms with Crippen molar-refractivity contribution in [2.75, 3.05) is 19.6 Å². The maximum Gasteiger partial charge on any atom is 0.337 e. The molecular weight excluding hydrogens is 184 g/mol. The van der Waals surface area contributed by atoms with Crippen LogP contribution in [0.5, 0.6) is 5.75 Å². The van der Waals surface area contributed by atoms with Crippen LogP contribution >= 0.6 is 0 Å². The number of hydrogen-bond acceptors (Lipinski definition) is 5. The fourth-order valence-electron chi connectivity index (χ4n) is 1.07. The van der Waals surface area contributed by atoms with Gasteiger partial charge in [0.05, 0.1) is 25.5 Å². The fourth-order valence-corrected chi connectivity index (χ4v) is 1.07. The van der Waals surface area contributed by atoms with Crippen molar-refractivity contribution in [3.05, 3.63) is 23.8 Å². The molecule has 14 heavy (non-hydrogen) atoms. The number of hydrazine groups is 1. The highest BCUT2D eigenvalue weighted by Crippen LogP contribution is 2.24. The van der Waals surface area contributed by atoms with Gasteiger partial charge in [-0.1, -0.05) is 0 Å². The van der Waals surface area contributed by atoms with Gasteiger partial charge in [0.1, 0.15) is 5.75 Å². The first kappa shape index (κ1) is 10.3. The topological polar surface area (TPSA) is 73.6 Å². The summed E-state index contributed by atoms with van der Waals surface area (Å²) in [4.78, 5) is 11.1. The molecule has 0 unspecified atom stereocenters. The van der Waals surface area contributed by atoms with Crippen LogP contribution in [0.3, 0.4) is 0 Å². The van der Waals surface area contributed by atoms with Gasteiger partial charge in [0, 0.05) is 0 Å². The third-order valence-corrected chi connectivity index (χ3v) is 1.78. The Labute approximate surface area is 81.8 Å². The molecule has 0 fully saturated rings. The van der Waals surface area contributed by atoms with Gasteiger partial charge in [-0.3, -0.25) is 5.84 Å². The van der Waals surface area contributed by atoms with E-state index in [9.17, 15) is 4.79 Å². The minimum atomic E-state index is -0.413.